The van der Waals surface area contributed by atoms with Crippen LogP contribution >= 0.6 is 23.1 Å². The van der Waals surface area contributed by atoms with E-state index in [1.807, 2.05) is 6.07 Å². The smallest absolute Gasteiger partial charge is 0.256 e. The van der Waals surface area contributed by atoms with Gasteiger partial charge in [0, 0.05) is 16.0 Å². The van der Waals surface area contributed by atoms with Crippen molar-refractivity contribution in [2.45, 2.75) is 0 Å². The molecule has 6 heteroatoms. The number of nitrogens with one attached hydrogen (secondary N) is 1. The van der Waals surface area contributed by atoms with E-state index in [2.05, 4.69) is 14.9 Å². The Labute approximate surface area is 106 Å². The number of anilines is 1. The molecule has 2 aromatic rings. The van der Waals surface area contributed by atoms with Crippen LogP contribution in [0.5, 0.6) is 0 Å². The third-order valence-electron chi connectivity index (χ3n) is 2.43. The Kier molecular flexibility index (Phi) is 2.42. The van der Waals surface area contributed by atoms with Gasteiger partial charge >= 0.3 is 0 Å². The molecule has 3 rings (SSSR count). The molecule has 17 heavy (non-hydrogen) atoms. The van der Waals surface area contributed by atoms with Crippen molar-refractivity contribution in [1.29, 1.82) is 0 Å². The van der Waals surface area contributed by atoms with E-state index in [0.717, 1.165) is 11.3 Å². The molecule has 0 spiro atoms. The number of carbonyl (C=O) groups is 1. The van der Waals surface area contributed by atoms with E-state index in [4.69, 9.17) is 11.6 Å². The molecule has 0 unspecified atom stereocenters. The van der Waals surface area contributed by atoms with Gasteiger partial charge in [0.2, 0.25) is 0 Å². The molecule has 0 fully saturated rings. The van der Waals surface area contributed by atoms with Crippen LogP contribution in [-0.2, 0) is 4.79 Å². The fourth-order valence-corrected chi connectivity index (χ4v) is 2.28. The van der Waals surface area contributed by atoms with Gasteiger partial charge in [0.05, 0.1) is 17.0 Å². The molecule has 1 amide bonds. The molecule has 2 heterocycles. The van der Waals surface area contributed by atoms with E-state index >= 15 is 0 Å². The number of hydrogen-bond acceptors (Lipinski definition) is 4. The summed E-state index contributed by atoms with van der Waals surface area (Å²) in [6.07, 6.45) is 1.72. The molecule has 84 valence electrons. The van der Waals surface area contributed by atoms with Gasteiger partial charge in [0.15, 0.2) is 0 Å². The molecular formula is C11H6ClN3OS. The highest BCUT2D eigenvalue weighted by atomic mass is 35.5. The standard InChI is InChI=1S/C11H6ClN3OS/c12-6-1-2-8-9(4-7-5-17-15-14-7)11(16)13-10(8)3-6/h1-5H,(H,13,16)/b9-4+. The molecule has 0 radical (unpaired) electrons. The minimum absolute atomic E-state index is 0.143. The Balaban J connectivity index is 2.11. The molecular weight excluding hydrogens is 258 g/mol. The third-order valence-corrected chi connectivity index (χ3v) is 3.19. The molecule has 0 bridgehead atoms. The number of hydrogen-bond donors (Lipinski definition) is 1. The van der Waals surface area contributed by atoms with E-state index < -0.39 is 0 Å². The highest BCUT2D eigenvalue weighted by Crippen LogP contribution is 2.34. The summed E-state index contributed by atoms with van der Waals surface area (Å²) in [7, 11) is 0. The average Bonchev–Trinajstić information content (AvgIpc) is 2.88. The van der Waals surface area contributed by atoms with Gasteiger partial charge in [0.1, 0.15) is 0 Å². The largest absolute Gasteiger partial charge is 0.321 e. The lowest BCUT2D eigenvalue weighted by Gasteiger charge is -1.97. The Morgan fingerprint density at radius 3 is 3.06 bits per heavy atom. The maximum Gasteiger partial charge on any atom is 0.256 e. The SMILES string of the molecule is O=C1Nc2cc(Cl)ccc2/C1=C\c1csnn1. The van der Waals surface area contributed by atoms with Crippen molar-refractivity contribution in [3.8, 4) is 0 Å². The quantitative estimate of drug-likeness (QED) is 0.805. The molecule has 0 saturated heterocycles. The number of rotatable bonds is 1. The van der Waals surface area contributed by atoms with Crippen LogP contribution < -0.4 is 5.32 Å². The summed E-state index contributed by atoms with van der Waals surface area (Å²) in [6, 6.07) is 5.31. The van der Waals surface area contributed by atoms with Crippen LogP contribution in [0.15, 0.2) is 23.6 Å². The van der Waals surface area contributed by atoms with Crippen LogP contribution in [0.2, 0.25) is 5.02 Å². The lowest BCUT2D eigenvalue weighted by atomic mass is 10.1. The zero-order valence-electron chi connectivity index (χ0n) is 8.48. The Bertz CT molecular complexity index is 622. The van der Waals surface area contributed by atoms with Crippen molar-refractivity contribution in [3.63, 3.8) is 0 Å². The van der Waals surface area contributed by atoms with E-state index in [-0.39, 0.29) is 5.91 Å². The highest BCUT2D eigenvalue weighted by Gasteiger charge is 2.24. The highest BCUT2D eigenvalue weighted by molar-refractivity contribution is 7.03. The van der Waals surface area contributed by atoms with Crippen molar-refractivity contribution in [1.82, 2.24) is 9.59 Å². The summed E-state index contributed by atoms with van der Waals surface area (Å²) in [5.74, 6) is -0.143. The van der Waals surface area contributed by atoms with Gasteiger partial charge in [-0.2, -0.15) is 0 Å². The van der Waals surface area contributed by atoms with Crippen molar-refractivity contribution in [2.24, 2.45) is 0 Å². The number of aromatic nitrogens is 2. The second-order valence-corrected chi connectivity index (χ2v) is 4.58. The number of amides is 1. The molecule has 0 saturated carbocycles. The Morgan fingerprint density at radius 1 is 1.41 bits per heavy atom. The average molecular weight is 264 g/mol. The predicted molar refractivity (Wildman–Crippen MR) is 67.9 cm³/mol. The van der Waals surface area contributed by atoms with E-state index in [1.165, 1.54) is 11.5 Å². The van der Waals surface area contributed by atoms with Crippen LogP contribution in [0, 0.1) is 0 Å². The second kappa shape index (κ2) is 3.94. The fraction of sp³-hybridized carbons (Fsp3) is 0. The number of nitrogens with zero attached hydrogens (tertiary/aromatic N) is 2. The predicted octanol–water partition coefficient (Wildman–Crippen LogP) is 2.68. The van der Waals surface area contributed by atoms with Crippen molar-refractivity contribution in [3.05, 3.63) is 39.9 Å². The molecule has 1 aliphatic heterocycles. The van der Waals surface area contributed by atoms with E-state index in [9.17, 15) is 4.79 Å². The zero-order chi connectivity index (χ0) is 11.8. The molecule has 0 atom stereocenters. The molecule has 4 nitrogen and oxygen atoms in total. The number of carbonyl (C=O) groups excluding carboxylic acids is 1. The summed E-state index contributed by atoms with van der Waals surface area (Å²) < 4.78 is 3.75. The van der Waals surface area contributed by atoms with Gasteiger partial charge in [-0.3, -0.25) is 4.79 Å². The summed E-state index contributed by atoms with van der Waals surface area (Å²) in [4.78, 5) is 11.8. The Hall–Kier alpha value is -1.72. The molecule has 0 aliphatic carbocycles. The number of halogens is 1. The zero-order valence-corrected chi connectivity index (χ0v) is 10.0. The summed E-state index contributed by atoms with van der Waals surface area (Å²) in [5, 5.41) is 9.04. The van der Waals surface area contributed by atoms with Crippen LogP contribution in [0.3, 0.4) is 0 Å². The first-order chi connectivity index (χ1) is 8.24. The van der Waals surface area contributed by atoms with Crippen LogP contribution in [0.25, 0.3) is 11.6 Å². The van der Waals surface area contributed by atoms with Gasteiger partial charge in [-0.05, 0) is 29.7 Å². The second-order valence-electron chi connectivity index (χ2n) is 3.53. The van der Waals surface area contributed by atoms with E-state index in [0.29, 0.717) is 16.3 Å². The maximum absolute atomic E-state index is 11.8. The summed E-state index contributed by atoms with van der Waals surface area (Å²) in [6.45, 7) is 0. The third kappa shape index (κ3) is 1.83. The van der Waals surface area contributed by atoms with Gasteiger partial charge in [0.25, 0.3) is 5.91 Å². The van der Waals surface area contributed by atoms with Gasteiger partial charge in [-0.1, -0.05) is 22.2 Å². The first-order valence-corrected chi connectivity index (χ1v) is 6.05. The van der Waals surface area contributed by atoms with Gasteiger partial charge in [-0.25, -0.2) is 0 Å². The molecule has 1 N–H and O–H groups in total. The summed E-state index contributed by atoms with van der Waals surface area (Å²) >= 11 is 7.12. The monoisotopic (exact) mass is 263 g/mol. The maximum atomic E-state index is 11.8. The minimum atomic E-state index is -0.143. The normalized spacial score (nSPS) is 16.1. The molecule has 1 aliphatic rings. The van der Waals surface area contributed by atoms with E-state index in [1.54, 1.807) is 23.6 Å². The topological polar surface area (TPSA) is 54.9 Å². The summed E-state index contributed by atoms with van der Waals surface area (Å²) in [5.41, 5.74) is 2.84. The Morgan fingerprint density at radius 2 is 2.29 bits per heavy atom. The lowest BCUT2D eigenvalue weighted by molar-refractivity contribution is -0.110. The van der Waals surface area contributed by atoms with Crippen molar-refractivity contribution < 1.29 is 4.79 Å². The molecule has 1 aromatic carbocycles. The molecule has 1 aromatic heterocycles. The minimum Gasteiger partial charge on any atom is -0.321 e. The first kappa shape index (κ1) is 10.4. The number of fused-ring (bicyclic) bond motifs is 1. The van der Waals surface area contributed by atoms with Gasteiger partial charge in [-0.15, -0.1) is 5.10 Å². The van der Waals surface area contributed by atoms with Gasteiger partial charge < -0.3 is 5.32 Å². The van der Waals surface area contributed by atoms with Crippen molar-refractivity contribution in [2.75, 3.05) is 5.32 Å². The lowest BCUT2D eigenvalue weighted by Crippen LogP contribution is -2.03. The van der Waals surface area contributed by atoms with Crippen LogP contribution in [0.1, 0.15) is 11.3 Å². The van der Waals surface area contributed by atoms with Crippen molar-refractivity contribution >= 4 is 46.4 Å². The fourth-order valence-electron chi connectivity index (χ4n) is 1.69. The van der Waals surface area contributed by atoms with Crippen LogP contribution in [-0.4, -0.2) is 15.5 Å². The van der Waals surface area contributed by atoms with Crippen LogP contribution in [0.4, 0.5) is 5.69 Å². The first-order valence-electron chi connectivity index (χ1n) is 4.84. The number of benzene rings is 1.